The number of nitrogens with one attached hydrogen (secondary N) is 1. The second-order valence-electron chi connectivity index (χ2n) is 5.68. The van der Waals surface area contributed by atoms with Gasteiger partial charge in [-0.3, -0.25) is 0 Å². The number of thioether (sulfide) groups is 1. The number of benzene rings is 1. The van der Waals surface area contributed by atoms with E-state index in [1.54, 1.807) is 0 Å². The van der Waals surface area contributed by atoms with E-state index in [0.717, 1.165) is 38.4 Å². The minimum atomic E-state index is 0.125. The van der Waals surface area contributed by atoms with Gasteiger partial charge < -0.3 is 15.1 Å². The van der Waals surface area contributed by atoms with Crippen LogP contribution in [-0.4, -0.2) is 60.3 Å². The number of hydrogen-bond donors (Lipinski definition) is 1. The molecule has 2 amide bonds. The number of amides is 2. The van der Waals surface area contributed by atoms with Crippen molar-refractivity contribution in [3.8, 4) is 0 Å². The molecule has 0 aliphatic carbocycles. The normalized spacial score (nSPS) is 23.3. The molecule has 114 valence electrons. The lowest BCUT2D eigenvalue weighted by atomic mass is 10.0. The SMILES string of the molecule is O=C1NCCN1[C@H]1CCCN(CCSc2ccccc2)C1. The first-order chi connectivity index (χ1) is 10.3. The Labute approximate surface area is 130 Å². The molecular weight excluding hydrogens is 282 g/mol. The maximum Gasteiger partial charge on any atom is 0.317 e. The highest BCUT2D eigenvalue weighted by molar-refractivity contribution is 7.99. The highest BCUT2D eigenvalue weighted by Crippen LogP contribution is 2.20. The van der Waals surface area contributed by atoms with Gasteiger partial charge in [0.1, 0.15) is 0 Å². The van der Waals surface area contributed by atoms with Crippen molar-refractivity contribution in [1.29, 1.82) is 0 Å². The summed E-state index contributed by atoms with van der Waals surface area (Å²) in [5.74, 6) is 1.11. The van der Waals surface area contributed by atoms with E-state index in [9.17, 15) is 4.79 Å². The molecule has 5 heteroatoms. The van der Waals surface area contributed by atoms with Crippen LogP contribution in [-0.2, 0) is 0 Å². The first kappa shape index (κ1) is 14.7. The molecule has 2 aliphatic rings. The quantitative estimate of drug-likeness (QED) is 0.848. The molecule has 1 N–H and O–H groups in total. The number of rotatable bonds is 5. The summed E-state index contributed by atoms with van der Waals surface area (Å²) >= 11 is 1.91. The van der Waals surface area contributed by atoms with Crippen LogP contribution < -0.4 is 5.32 Å². The zero-order valence-corrected chi connectivity index (χ0v) is 13.1. The average molecular weight is 305 g/mol. The summed E-state index contributed by atoms with van der Waals surface area (Å²) in [4.78, 5) is 17.6. The molecule has 2 aliphatic heterocycles. The Morgan fingerprint density at radius 3 is 2.86 bits per heavy atom. The number of carbonyl (C=O) groups excluding carboxylic acids is 1. The molecule has 0 bridgehead atoms. The number of hydrogen-bond acceptors (Lipinski definition) is 3. The van der Waals surface area contributed by atoms with Crippen LogP contribution in [0.4, 0.5) is 4.79 Å². The predicted molar refractivity (Wildman–Crippen MR) is 86.7 cm³/mol. The number of nitrogens with zero attached hydrogens (tertiary/aromatic N) is 2. The number of likely N-dealkylation sites (tertiary alicyclic amines) is 1. The highest BCUT2D eigenvalue weighted by atomic mass is 32.2. The number of urea groups is 1. The zero-order valence-electron chi connectivity index (χ0n) is 12.3. The van der Waals surface area contributed by atoms with Gasteiger partial charge in [0, 0.05) is 42.9 Å². The van der Waals surface area contributed by atoms with Crippen LogP contribution in [0.2, 0.25) is 0 Å². The van der Waals surface area contributed by atoms with Gasteiger partial charge in [-0.2, -0.15) is 0 Å². The van der Waals surface area contributed by atoms with E-state index < -0.39 is 0 Å². The molecule has 0 saturated carbocycles. The summed E-state index contributed by atoms with van der Waals surface area (Å²) in [6.45, 7) is 4.98. The Kier molecular flexibility index (Phi) is 5.04. The van der Waals surface area contributed by atoms with E-state index in [-0.39, 0.29) is 6.03 Å². The summed E-state index contributed by atoms with van der Waals surface area (Å²) in [7, 11) is 0. The van der Waals surface area contributed by atoms with Crippen LogP contribution in [0.1, 0.15) is 12.8 Å². The van der Waals surface area contributed by atoms with Gasteiger partial charge in [0.05, 0.1) is 0 Å². The fourth-order valence-electron chi connectivity index (χ4n) is 3.13. The fraction of sp³-hybridized carbons (Fsp3) is 0.562. The molecule has 0 radical (unpaired) electrons. The lowest BCUT2D eigenvalue weighted by Gasteiger charge is -2.37. The van der Waals surface area contributed by atoms with Crippen LogP contribution in [0.5, 0.6) is 0 Å². The minimum Gasteiger partial charge on any atom is -0.336 e. The first-order valence-corrected chi connectivity index (χ1v) is 8.76. The standard InChI is InChI=1S/C16H23N3OS/c20-16-17-8-10-19(16)14-5-4-9-18(13-14)11-12-21-15-6-2-1-3-7-15/h1-3,6-7,14H,4-5,8-13H2,(H,17,20)/t14-/m0/s1. The lowest BCUT2D eigenvalue weighted by molar-refractivity contribution is 0.131. The van der Waals surface area contributed by atoms with Crippen LogP contribution in [0.3, 0.4) is 0 Å². The summed E-state index contributed by atoms with van der Waals surface area (Å²) < 4.78 is 0. The maximum absolute atomic E-state index is 11.8. The summed E-state index contributed by atoms with van der Waals surface area (Å²) in [5.41, 5.74) is 0. The van der Waals surface area contributed by atoms with Crippen molar-refractivity contribution < 1.29 is 4.79 Å². The molecule has 21 heavy (non-hydrogen) atoms. The molecule has 3 rings (SSSR count). The Bertz CT molecular complexity index is 468. The second-order valence-corrected chi connectivity index (χ2v) is 6.85. The molecule has 1 atom stereocenters. The molecule has 0 aromatic heterocycles. The lowest BCUT2D eigenvalue weighted by Crippen LogP contribution is -2.49. The molecule has 0 spiro atoms. The van der Waals surface area contributed by atoms with Gasteiger partial charge in [-0.05, 0) is 31.5 Å². The molecule has 0 unspecified atom stereocenters. The topological polar surface area (TPSA) is 35.6 Å². The molecule has 2 heterocycles. The number of carbonyl (C=O) groups is 1. The van der Waals surface area contributed by atoms with Gasteiger partial charge in [0.2, 0.25) is 0 Å². The zero-order chi connectivity index (χ0) is 14.5. The van der Waals surface area contributed by atoms with E-state index in [2.05, 4.69) is 40.5 Å². The van der Waals surface area contributed by atoms with Gasteiger partial charge in [-0.25, -0.2) is 4.79 Å². The van der Waals surface area contributed by atoms with Crippen LogP contribution in [0.15, 0.2) is 35.2 Å². The Balaban J connectivity index is 1.44. The van der Waals surface area contributed by atoms with Crippen molar-refractivity contribution >= 4 is 17.8 Å². The molecular formula is C16H23N3OS. The van der Waals surface area contributed by atoms with E-state index in [1.807, 2.05) is 16.7 Å². The van der Waals surface area contributed by atoms with E-state index in [1.165, 1.54) is 17.9 Å². The number of piperidine rings is 1. The van der Waals surface area contributed by atoms with E-state index in [4.69, 9.17) is 0 Å². The second kappa shape index (κ2) is 7.18. The average Bonchev–Trinajstić information content (AvgIpc) is 2.95. The van der Waals surface area contributed by atoms with Gasteiger partial charge in [-0.1, -0.05) is 18.2 Å². The fourth-order valence-corrected chi connectivity index (χ4v) is 4.07. The molecule has 2 fully saturated rings. The van der Waals surface area contributed by atoms with Crippen molar-refractivity contribution in [2.24, 2.45) is 0 Å². The molecule has 4 nitrogen and oxygen atoms in total. The van der Waals surface area contributed by atoms with Crippen molar-refractivity contribution in [2.45, 2.75) is 23.8 Å². The third kappa shape index (κ3) is 3.92. The summed E-state index contributed by atoms with van der Waals surface area (Å²) in [5, 5.41) is 2.91. The van der Waals surface area contributed by atoms with Gasteiger partial charge in [-0.15, -0.1) is 11.8 Å². The minimum absolute atomic E-state index is 0.125. The van der Waals surface area contributed by atoms with Crippen LogP contribution >= 0.6 is 11.8 Å². The smallest absolute Gasteiger partial charge is 0.317 e. The van der Waals surface area contributed by atoms with Crippen molar-refractivity contribution in [3.63, 3.8) is 0 Å². The van der Waals surface area contributed by atoms with Crippen LogP contribution in [0.25, 0.3) is 0 Å². The Morgan fingerprint density at radius 1 is 1.24 bits per heavy atom. The molecule has 1 aromatic carbocycles. The largest absolute Gasteiger partial charge is 0.336 e. The van der Waals surface area contributed by atoms with Crippen molar-refractivity contribution in [1.82, 2.24) is 15.1 Å². The Morgan fingerprint density at radius 2 is 2.10 bits per heavy atom. The van der Waals surface area contributed by atoms with Gasteiger partial charge in [0.15, 0.2) is 0 Å². The summed E-state index contributed by atoms with van der Waals surface area (Å²) in [6, 6.07) is 11.1. The third-order valence-electron chi connectivity index (χ3n) is 4.23. The highest BCUT2D eigenvalue weighted by Gasteiger charge is 2.30. The van der Waals surface area contributed by atoms with E-state index in [0.29, 0.717) is 6.04 Å². The van der Waals surface area contributed by atoms with Crippen molar-refractivity contribution in [2.75, 3.05) is 38.5 Å². The predicted octanol–water partition coefficient (Wildman–Crippen LogP) is 2.27. The van der Waals surface area contributed by atoms with Crippen molar-refractivity contribution in [3.05, 3.63) is 30.3 Å². The monoisotopic (exact) mass is 305 g/mol. The third-order valence-corrected chi connectivity index (χ3v) is 5.22. The summed E-state index contributed by atoms with van der Waals surface area (Å²) in [6.07, 6.45) is 2.35. The Hall–Kier alpha value is -1.20. The first-order valence-electron chi connectivity index (χ1n) is 7.77. The molecule has 1 aromatic rings. The molecule has 2 saturated heterocycles. The van der Waals surface area contributed by atoms with Gasteiger partial charge in [0.25, 0.3) is 0 Å². The van der Waals surface area contributed by atoms with Gasteiger partial charge >= 0.3 is 6.03 Å². The van der Waals surface area contributed by atoms with Crippen LogP contribution in [0, 0.1) is 0 Å². The van der Waals surface area contributed by atoms with E-state index >= 15 is 0 Å². The maximum atomic E-state index is 11.8.